The van der Waals surface area contributed by atoms with E-state index in [1.165, 1.54) is 16.4 Å². The Hall–Kier alpha value is -2.32. The van der Waals surface area contributed by atoms with Crippen LogP contribution in [0, 0.1) is 0 Å². The topological polar surface area (TPSA) is 85.4 Å². The molecule has 120 valence electrons. The Bertz CT molecular complexity index is 976. The minimum atomic E-state index is 0.620. The molecule has 0 aliphatic heterocycles. The van der Waals surface area contributed by atoms with E-state index in [1.54, 1.807) is 0 Å². The van der Waals surface area contributed by atoms with Crippen molar-refractivity contribution in [1.29, 1.82) is 0 Å². The fourth-order valence-corrected chi connectivity index (χ4v) is 3.60. The number of nitrogens with zero attached hydrogens (tertiary/aromatic N) is 4. The first-order chi connectivity index (χ1) is 11.7. The summed E-state index contributed by atoms with van der Waals surface area (Å²) in [7, 11) is 0. The molecule has 6 nitrogen and oxygen atoms in total. The number of hydrogen-bond donors (Lipinski definition) is 2. The third-order valence-corrected chi connectivity index (χ3v) is 5.20. The molecular formula is C16H13BrN6S. The van der Waals surface area contributed by atoms with Crippen LogP contribution in [0.3, 0.4) is 0 Å². The summed E-state index contributed by atoms with van der Waals surface area (Å²) in [6, 6.07) is 15.7. The lowest BCUT2D eigenvalue weighted by molar-refractivity contribution is 0.848. The van der Waals surface area contributed by atoms with Gasteiger partial charge in [-0.1, -0.05) is 52.0 Å². The molecule has 0 spiro atoms. The van der Waals surface area contributed by atoms with Crippen molar-refractivity contribution < 1.29 is 0 Å². The van der Waals surface area contributed by atoms with E-state index in [-0.39, 0.29) is 0 Å². The SMILES string of the molecule is Nn1c(SCc2nc3ccccc3[nH]2)nnc1-c1ccccc1Br. The van der Waals surface area contributed by atoms with Gasteiger partial charge < -0.3 is 10.8 Å². The highest BCUT2D eigenvalue weighted by Crippen LogP contribution is 2.28. The van der Waals surface area contributed by atoms with Crippen LogP contribution in [-0.2, 0) is 5.75 Å². The zero-order chi connectivity index (χ0) is 16.5. The summed E-state index contributed by atoms with van der Waals surface area (Å²) in [6.07, 6.45) is 0. The minimum Gasteiger partial charge on any atom is -0.341 e. The maximum atomic E-state index is 6.16. The number of benzene rings is 2. The van der Waals surface area contributed by atoms with Crippen LogP contribution in [0.5, 0.6) is 0 Å². The third-order valence-electron chi connectivity index (χ3n) is 3.56. The van der Waals surface area contributed by atoms with E-state index in [2.05, 4.69) is 36.1 Å². The summed E-state index contributed by atoms with van der Waals surface area (Å²) < 4.78 is 2.44. The van der Waals surface area contributed by atoms with E-state index in [1.807, 2.05) is 48.5 Å². The van der Waals surface area contributed by atoms with Crippen LogP contribution in [0.25, 0.3) is 22.4 Å². The largest absolute Gasteiger partial charge is 0.341 e. The molecule has 2 aromatic carbocycles. The van der Waals surface area contributed by atoms with Crippen molar-refractivity contribution in [1.82, 2.24) is 24.8 Å². The van der Waals surface area contributed by atoms with E-state index in [0.717, 1.165) is 26.9 Å². The summed E-state index contributed by atoms with van der Waals surface area (Å²) in [5.41, 5.74) is 2.88. The number of nitrogens with one attached hydrogen (secondary N) is 1. The van der Waals surface area contributed by atoms with Gasteiger partial charge in [-0.2, -0.15) is 0 Å². The molecule has 0 aliphatic carbocycles. The molecule has 2 heterocycles. The number of nitrogen functional groups attached to an aromatic ring is 1. The number of halogens is 1. The molecule has 0 atom stereocenters. The zero-order valence-corrected chi connectivity index (χ0v) is 14.9. The maximum absolute atomic E-state index is 6.16. The number of aromatic amines is 1. The van der Waals surface area contributed by atoms with Crippen molar-refractivity contribution in [2.75, 3.05) is 5.84 Å². The Morgan fingerprint density at radius 2 is 1.88 bits per heavy atom. The van der Waals surface area contributed by atoms with E-state index in [0.29, 0.717) is 16.7 Å². The van der Waals surface area contributed by atoms with Gasteiger partial charge in [0.25, 0.3) is 0 Å². The zero-order valence-electron chi connectivity index (χ0n) is 12.5. The molecule has 4 rings (SSSR count). The molecule has 8 heteroatoms. The van der Waals surface area contributed by atoms with Crippen LogP contribution in [0.1, 0.15) is 5.82 Å². The van der Waals surface area contributed by atoms with Gasteiger partial charge in [0.15, 0.2) is 5.82 Å². The van der Waals surface area contributed by atoms with Gasteiger partial charge in [-0.3, -0.25) is 0 Å². The number of fused-ring (bicyclic) bond motifs is 1. The smallest absolute Gasteiger partial charge is 0.210 e. The fourth-order valence-electron chi connectivity index (χ4n) is 2.41. The second kappa shape index (κ2) is 6.29. The van der Waals surface area contributed by atoms with Crippen LogP contribution in [0.4, 0.5) is 0 Å². The lowest BCUT2D eigenvalue weighted by Crippen LogP contribution is -2.11. The third kappa shape index (κ3) is 2.78. The number of para-hydroxylation sites is 2. The summed E-state index contributed by atoms with van der Waals surface area (Å²) in [5, 5.41) is 9.04. The average molecular weight is 401 g/mol. The number of H-pyrrole nitrogens is 1. The maximum Gasteiger partial charge on any atom is 0.210 e. The molecular weight excluding hydrogens is 388 g/mol. The molecule has 4 aromatic rings. The number of nitrogens with two attached hydrogens (primary N) is 1. The molecule has 0 saturated carbocycles. The summed E-state index contributed by atoms with van der Waals surface area (Å²) in [4.78, 5) is 7.85. The summed E-state index contributed by atoms with van der Waals surface area (Å²) in [6.45, 7) is 0. The number of thioether (sulfide) groups is 1. The van der Waals surface area contributed by atoms with Crippen molar-refractivity contribution in [3.63, 3.8) is 0 Å². The predicted octanol–water partition coefficient (Wildman–Crippen LogP) is 3.59. The van der Waals surface area contributed by atoms with E-state index >= 15 is 0 Å². The first-order valence-corrected chi connectivity index (χ1v) is 9.02. The fraction of sp³-hybridized carbons (Fsp3) is 0.0625. The Balaban J connectivity index is 1.56. The van der Waals surface area contributed by atoms with E-state index < -0.39 is 0 Å². The minimum absolute atomic E-state index is 0.620. The van der Waals surface area contributed by atoms with Gasteiger partial charge in [-0.15, -0.1) is 10.2 Å². The van der Waals surface area contributed by atoms with Gasteiger partial charge in [-0.25, -0.2) is 9.66 Å². The first-order valence-electron chi connectivity index (χ1n) is 7.24. The second-order valence-corrected chi connectivity index (χ2v) is 6.94. The first kappa shape index (κ1) is 15.2. The molecule has 0 bridgehead atoms. The van der Waals surface area contributed by atoms with Crippen molar-refractivity contribution in [2.45, 2.75) is 10.9 Å². The second-order valence-electron chi connectivity index (χ2n) is 5.15. The Morgan fingerprint density at radius 1 is 1.08 bits per heavy atom. The predicted molar refractivity (Wildman–Crippen MR) is 99.0 cm³/mol. The standard InChI is InChI=1S/C16H13BrN6S/c17-11-6-2-1-5-10(11)15-21-22-16(23(15)18)24-9-14-19-12-7-3-4-8-13(12)20-14/h1-8H,9,18H2,(H,19,20). The van der Waals surface area contributed by atoms with Crippen molar-refractivity contribution in [2.24, 2.45) is 0 Å². The highest BCUT2D eigenvalue weighted by molar-refractivity contribution is 9.10. The quantitative estimate of drug-likeness (QED) is 0.403. The molecule has 0 aliphatic rings. The van der Waals surface area contributed by atoms with Gasteiger partial charge in [0.2, 0.25) is 5.16 Å². The van der Waals surface area contributed by atoms with Crippen LogP contribution in [0.15, 0.2) is 58.2 Å². The average Bonchev–Trinajstić information content (AvgIpc) is 3.17. The number of rotatable bonds is 4. The summed E-state index contributed by atoms with van der Waals surface area (Å²) >= 11 is 5.01. The van der Waals surface area contributed by atoms with Gasteiger partial charge in [-0.05, 0) is 24.3 Å². The molecule has 0 saturated heterocycles. The monoisotopic (exact) mass is 400 g/mol. The highest BCUT2D eigenvalue weighted by Gasteiger charge is 2.15. The van der Waals surface area contributed by atoms with Gasteiger partial charge in [0.1, 0.15) is 5.82 Å². The van der Waals surface area contributed by atoms with Crippen LogP contribution < -0.4 is 5.84 Å². The molecule has 0 fully saturated rings. The number of hydrogen-bond acceptors (Lipinski definition) is 5. The van der Waals surface area contributed by atoms with Crippen LogP contribution in [-0.4, -0.2) is 24.8 Å². The van der Waals surface area contributed by atoms with Crippen molar-refractivity contribution >= 4 is 38.7 Å². The Morgan fingerprint density at radius 3 is 2.71 bits per heavy atom. The van der Waals surface area contributed by atoms with Crippen LogP contribution in [0.2, 0.25) is 0 Å². The van der Waals surface area contributed by atoms with E-state index in [4.69, 9.17) is 5.84 Å². The molecule has 24 heavy (non-hydrogen) atoms. The van der Waals surface area contributed by atoms with E-state index in [9.17, 15) is 0 Å². The normalized spacial score (nSPS) is 11.2. The van der Waals surface area contributed by atoms with Gasteiger partial charge >= 0.3 is 0 Å². The van der Waals surface area contributed by atoms with Gasteiger partial charge in [0, 0.05) is 10.0 Å². The highest BCUT2D eigenvalue weighted by atomic mass is 79.9. The molecule has 0 unspecified atom stereocenters. The number of aromatic nitrogens is 5. The van der Waals surface area contributed by atoms with Gasteiger partial charge in [0.05, 0.1) is 16.8 Å². The lowest BCUT2D eigenvalue weighted by Gasteiger charge is -2.04. The lowest BCUT2D eigenvalue weighted by atomic mass is 10.2. The Labute approximate surface area is 150 Å². The Kier molecular flexibility index (Phi) is 3.99. The molecule has 0 amide bonds. The molecule has 2 aromatic heterocycles. The van der Waals surface area contributed by atoms with Crippen LogP contribution >= 0.6 is 27.7 Å². The number of imidazole rings is 1. The molecule has 3 N–H and O–H groups in total. The summed E-state index contributed by atoms with van der Waals surface area (Å²) in [5.74, 6) is 8.30. The van der Waals surface area contributed by atoms with Crippen molar-refractivity contribution in [3.05, 3.63) is 58.8 Å². The molecule has 0 radical (unpaired) electrons. The van der Waals surface area contributed by atoms with Crippen molar-refractivity contribution in [3.8, 4) is 11.4 Å².